The Labute approximate surface area is 107 Å². The van der Waals surface area contributed by atoms with Gasteiger partial charge in [0.25, 0.3) is 5.91 Å². The first-order valence-electron chi connectivity index (χ1n) is 5.33. The van der Waals surface area contributed by atoms with E-state index in [1.54, 1.807) is 0 Å². The van der Waals surface area contributed by atoms with Crippen LogP contribution in [0.1, 0.15) is 20.8 Å². The average molecular weight is 260 g/mol. The zero-order valence-corrected chi connectivity index (χ0v) is 9.63. The van der Waals surface area contributed by atoms with E-state index < -0.39 is 17.7 Å². The molecule has 0 aliphatic carbocycles. The fourth-order valence-corrected chi connectivity index (χ4v) is 1.41. The lowest BCUT2D eigenvalue weighted by atomic mass is 10.2. The molecule has 0 aliphatic rings. The SMILES string of the molecule is O=C(Nc1cccc(C(=O)O)n1)c1ccc(F)cc1. The summed E-state index contributed by atoms with van der Waals surface area (Å²) in [5.74, 6) is -2.00. The lowest BCUT2D eigenvalue weighted by Gasteiger charge is -2.05. The van der Waals surface area contributed by atoms with Gasteiger partial charge in [0.1, 0.15) is 11.6 Å². The van der Waals surface area contributed by atoms with Crippen LogP contribution >= 0.6 is 0 Å². The molecule has 0 aliphatic heterocycles. The van der Waals surface area contributed by atoms with Gasteiger partial charge in [0.2, 0.25) is 0 Å². The summed E-state index contributed by atoms with van der Waals surface area (Å²) in [7, 11) is 0. The van der Waals surface area contributed by atoms with Crippen LogP contribution in [0.2, 0.25) is 0 Å². The number of nitrogens with one attached hydrogen (secondary N) is 1. The highest BCUT2D eigenvalue weighted by Crippen LogP contribution is 2.09. The minimum atomic E-state index is -1.18. The smallest absolute Gasteiger partial charge is 0.354 e. The van der Waals surface area contributed by atoms with Gasteiger partial charge in [0.15, 0.2) is 5.69 Å². The standard InChI is InChI=1S/C13H9FN2O3/c14-9-6-4-8(5-7-9)12(17)16-11-3-1-2-10(15-11)13(18)19/h1-7H,(H,18,19)(H,15,16,17). The van der Waals surface area contributed by atoms with Crippen molar-refractivity contribution >= 4 is 17.7 Å². The minimum absolute atomic E-state index is 0.120. The van der Waals surface area contributed by atoms with Crippen molar-refractivity contribution in [1.82, 2.24) is 4.98 Å². The number of carbonyl (C=O) groups is 2. The van der Waals surface area contributed by atoms with E-state index >= 15 is 0 Å². The summed E-state index contributed by atoms with van der Waals surface area (Å²) >= 11 is 0. The normalized spacial score (nSPS) is 9.95. The number of carboxylic acid groups (broad SMARTS) is 1. The largest absolute Gasteiger partial charge is 0.477 e. The number of aromatic nitrogens is 1. The van der Waals surface area contributed by atoms with Crippen molar-refractivity contribution in [2.75, 3.05) is 5.32 Å². The molecular weight excluding hydrogens is 251 g/mol. The number of halogens is 1. The Morgan fingerprint density at radius 1 is 1.11 bits per heavy atom. The number of hydrogen-bond donors (Lipinski definition) is 2. The van der Waals surface area contributed by atoms with E-state index in [0.29, 0.717) is 0 Å². The molecule has 0 unspecified atom stereocenters. The van der Waals surface area contributed by atoms with Crippen molar-refractivity contribution in [3.05, 3.63) is 59.5 Å². The van der Waals surface area contributed by atoms with Crippen molar-refractivity contribution in [2.45, 2.75) is 0 Å². The van der Waals surface area contributed by atoms with Crippen LogP contribution in [0.5, 0.6) is 0 Å². The van der Waals surface area contributed by atoms with Gasteiger partial charge in [-0.15, -0.1) is 0 Å². The molecular formula is C13H9FN2O3. The van der Waals surface area contributed by atoms with Crippen LogP contribution in [0.25, 0.3) is 0 Å². The molecule has 0 bridgehead atoms. The molecule has 6 heteroatoms. The molecule has 0 fully saturated rings. The van der Waals surface area contributed by atoms with Crippen LogP contribution in [0.4, 0.5) is 10.2 Å². The molecule has 2 aromatic rings. The molecule has 1 aromatic carbocycles. The summed E-state index contributed by atoms with van der Waals surface area (Å²) in [6.07, 6.45) is 0. The number of carbonyl (C=O) groups excluding carboxylic acids is 1. The number of carboxylic acids is 1. The van der Waals surface area contributed by atoms with E-state index in [2.05, 4.69) is 10.3 Å². The first kappa shape index (κ1) is 12.7. The van der Waals surface area contributed by atoms with Crippen LogP contribution in [-0.4, -0.2) is 22.0 Å². The van der Waals surface area contributed by atoms with Crippen molar-refractivity contribution in [2.24, 2.45) is 0 Å². The maximum absolute atomic E-state index is 12.7. The second-order valence-electron chi connectivity index (χ2n) is 3.67. The van der Waals surface area contributed by atoms with Gasteiger partial charge in [-0.25, -0.2) is 14.2 Å². The predicted molar refractivity (Wildman–Crippen MR) is 65.5 cm³/mol. The number of pyridine rings is 1. The minimum Gasteiger partial charge on any atom is -0.477 e. The van der Waals surface area contributed by atoms with Crippen molar-refractivity contribution in [3.63, 3.8) is 0 Å². The van der Waals surface area contributed by atoms with Gasteiger partial charge in [-0.05, 0) is 36.4 Å². The molecule has 1 heterocycles. The highest BCUT2D eigenvalue weighted by atomic mass is 19.1. The maximum Gasteiger partial charge on any atom is 0.354 e. The van der Waals surface area contributed by atoms with Gasteiger partial charge in [-0.1, -0.05) is 6.07 Å². The summed E-state index contributed by atoms with van der Waals surface area (Å²) in [6.45, 7) is 0. The van der Waals surface area contributed by atoms with Gasteiger partial charge in [-0.2, -0.15) is 0 Å². The third-order valence-electron chi connectivity index (χ3n) is 2.32. The van der Waals surface area contributed by atoms with E-state index in [0.717, 1.165) is 12.1 Å². The van der Waals surface area contributed by atoms with E-state index in [4.69, 9.17) is 5.11 Å². The Morgan fingerprint density at radius 3 is 2.42 bits per heavy atom. The van der Waals surface area contributed by atoms with Crippen molar-refractivity contribution < 1.29 is 19.1 Å². The number of hydrogen-bond acceptors (Lipinski definition) is 3. The first-order chi connectivity index (χ1) is 9.06. The molecule has 2 N–H and O–H groups in total. The first-order valence-corrected chi connectivity index (χ1v) is 5.33. The third-order valence-corrected chi connectivity index (χ3v) is 2.32. The molecule has 96 valence electrons. The summed E-state index contributed by atoms with van der Waals surface area (Å²) in [6, 6.07) is 9.23. The number of amides is 1. The van der Waals surface area contributed by atoms with Gasteiger partial charge >= 0.3 is 5.97 Å². The van der Waals surface area contributed by atoms with E-state index in [1.165, 1.54) is 30.3 Å². The van der Waals surface area contributed by atoms with Gasteiger partial charge < -0.3 is 10.4 Å². The van der Waals surface area contributed by atoms with Gasteiger partial charge in [0, 0.05) is 5.56 Å². The van der Waals surface area contributed by atoms with Crippen LogP contribution in [0.15, 0.2) is 42.5 Å². The number of nitrogens with zero attached hydrogens (tertiary/aromatic N) is 1. The van der Waals surface area contributed by atoms with Gasteiger partial charge in [0.05, 0.1) is 0 Å². The van der Waals surface area contributed by atoms with Crippen LogP contribution in [0, 0.1) is 5.82 Å². The Morgan fingerprint density at radius 2 is 1.79 bits per heavy atom. The summed E-state index contributed by atoms with van der Waals surface area (Å²) in [4.78, 5) is 26.3. The fraction of sp³-hybridized carbons (Fsp3) is 0. The zero-order chi connectivity index (χ0) is 13.8. The molecule has 0 atom stereocenters. The summed E-state index contributed by atoms with van der Waals surface area (Å²) < 4.78 is 12.7. The second-order valence-corrected chi connectivity index (χ2v) is 3.67. The number of aromatic carboxylic acids is 1. The molecule has 0 saturated heterocycles. The third kappa shape index (κ3) is 3.12. The van der Waals surface area contributed by atoms with Crippen molar-refractivity contribution in [1.29, 1.82) is 0 Å². The van der Waals surface area contributed by atoms with Crippen LogP contribution in [-0.2, 0) is 0 Å². The number of anilines is 1. The summed E-state index contributed by atoms with van der Waals surface area (Å²) in [5.41, 5.74) is 0.0841. The number of benzene rings is 1. The molecule has 0 spiro atoms. The molecule has 1 amide bonds. The second kappa shape index (κ2) is 5.26. The number of rotatable bonds is 3. The van der Waals surface area contributed by atoms with Crippen LogP contribution in [0.3, 0.4) is 0 Å². The van der Waals surface area contributed by atoms with E-state index in [-0.39, 0.29) is 17.1 Å². The maximum atomic E-state index is 12.7. The quantitative estimate of drug-likeness (QED) is 0.886. The Kier molecular flexibility index (Phi) is 3.51. The highest BCUT2D eigenvalue weighted by molar-refractivity contribution is 6.03. The molecule has 2 rings (SSSR count). The Balaban J connectivity index is 2.17. The lowest BCUT2D eigenvalue weighted by molar-refractivity contribution is 0.0690. The average Bonchev–Trinajstić information content (AvgIpc) is 2.39. The van der Waals surface area contributed by atoms with Crippen molar-refractivity contribution in [3.8, 4) is 0 Å². The van der Waals surface area contributed by atoms with Crippen LogP contribution < -0.4 is 5.32 Å². The highest BCUT2D eigenvalue weighted by Gasteiger charge is 2.09. The van der Waals surface area contributed by atoms with E-state index in [9.17, 15) is 14.0 Å². The fourth-order valence-electron chi connectivity index (χ4n) is 1.41. The monoisotopic (exact) mass is 260 g/mol. The van der Waals surface area contributed by atoms with E-state index in [1.807, 2.05) is 0 Å². The molecule has 0 radical (unpaired) electrons. The summed E-state index contributed by atoms with van der Waals surface area (Å²) in [5, 5.41) is 11.2. The Hall–Kier alpha value is -2.76. The molecule has 0 saturated carbocycles. The molecule has 1 aromatic heterocycles. The van der Waals surface area contributed by atoms with Gasteiger partial charge in [-0.3, -0.25) is 4.79 Å². The predicted octanol–water partition coefficient (Wildman–Crippen LogP) is 2.17. The Bertz CT molecular complexity index is 626. The topological polar surface area (TPSA) is 79.3 Å². The molecule has 19 heavy (non-hydrogen) atoms. The molecule has 5 nitrogen and oxygen atoms in total. The lowest BCUT2D eigenvalue weighted by Crippen LogP contribution is -2.14. The zero-order valence-electron chi connectivity index (χ0n) is 9.63.